The number of halogens is 1. The highest BCUT2D eigenvalue weighted by molar-refractivity contribution is 9.10. The van der Waals surface area contributed by atoms with Gasteiger partial charge < -0.3 is 14.5 Å². The molecule has 1 heterocycles. The van der Waals surface area contributed by atoms with Gasteiger partial charge in [0.2, 0.25) is 0 Å². The van der Waals surface area contributed by atoms with Gasteiger partial charge in [0, 0.05) is 11.9 Å². The second-order valence-electron chi connectivity index (χ2n) is 9.42. The van der Waals surface area contributed by atoms with Crippen LogP contribution in [0.5, 0.6) is 5.75 Å². The molecule has 0 saturated carbocycles. The van der Waals surface area contributed by atoms with Crippen LogP contribution in [0.3, 0.4) is 0 Å². The van der Waals surface area contributed by atoms with Gasteiger partial charge in [-0.3, -0.25) is 0 Å². The second kappa shape index (κ2) is 10.6. The van der Waals surface area contributed by atoms with E-state index in [1.165, 1.54) is 5.56 Å². The highest BCUT2D eigenvalue weighted by Gasteiger charge is 2.42. The lowest BCUT2D eigenvalue weighted by Gasteiger charge is -2.41. The van der Waals surface area contributed by atoms with Gasteiger partial charge in [0.1, 0.15) is 15.4 Å². The van der Waals surface area contributed by atoms with Gasteiger partial charge in [0.25, 0.3) is 0 Å². The summed E-state index contributed by atoms with van der Waals surface area (Å²) in [5.41, 5.74) is 2.35. The summed E-state index contributed by atoms with van der Waals surface area (Å²) in [6.45, 7) is 12.2. The van der Waals surface area contributed by atoms with E-state index >= 15 is 0 Å². The molecule has 0 bridgehead atoms. The number of ether oxygens (including phenoxy) is 1. The quantitative estimate of drug-likeness (QED) is 0.289. The van der Waals surface area contributed by atoms with Gasteiger partial charge in [0.05, 0.1) is 19.3 Å². The molecular formula is C25H33BrN2O2SSi. The lowest BCUT2D eigenvalue weighted by atomic mass is 10.0. The molecule has 4 nitrogen and oxygen atoms in total. The highest BCUT2D eigenvalue weighted by atomic mass is 79.9. The number of hydrogen-bond acceptors (Lipinski definition) is 5. The van der Waals surface area contributed by atoms with Gasteiger partial charge in [-0.05, 0) is 57.3 Å². The van der Waals surface area contributed by atoms with E-state index in [9.17, 15) is 0 Å². The first kappa shape index (κ1) is 25.1. The van der Waals surface area contributed by atoms with Gasteiger partial charge in [-0.1, -0.05) is 63.2 Å². The van der Waals surface area contributed by atoms with Crippen LogP contribution in [0.15, 0.2) is 64.6 Å². The van der Waals surface area contributed by atoms with Crippen molar-refractivity contribution in [3.63, 3.8) is 0 Å². The van der Waals surface area contributed by atoms with Crippen molar-refractivity contribution in [3.8, 4) is 5.75 Å². The number of benzene rings is 2. The molecule has 172 valence electrons. The van der Waals surface area contributed by atoms with Gasteiger partial charge in [0.15, 0.2) is 8.32 Å². The summed E-state index contributed by atoms with van der Waals surface area (Å²) in [6, 6.07) is 18.6. The Hall–Kier alpha value is -1.51. The zero-order valence-electron chi connectivity index (χ0n) is 19.7. The molecule has 0 amide bonds. The third-order valence-corrected chi connectivity index (χ3v) is 12.2. The van der Waals surface area contributed by atoms with Crippen LogP contribution in [0.4, 0.5) is 0 Å². The Balaban J connectivity index is 1.96. The summed E-state index contributed by atoms with van der Waals surface area (Å²) in [4.78, 5) is 4.78. The number of rotatable bonds is 9. The van der Waals surface area contributed by atoms with Crippen molar-refractivity contribution in [2.45, 2.75) is 57.6 Å². The average Bonchev–Trinajstić information content (AvgIpc) is 3.19. The van der Waals surface area contributed by atoms with Crippen LogP contribution in [0.25, 0.3) is 0 Å². The van der Waals surface area contributed by atoms with Gasteiger partial charge in [-0.2, -0.15) is 0 Å². The Labute approximate surface area is 205 Å². The van der Waals surface area contributed by atoms with Crippen LogP contribution in [-0.2, 0) is 11.0 Å². The fraction of sp³-hybridized carbons (Fsp3) is 0.400. The number of hydrogen-bond donors (Lipinski definition) is 1. The van der Waals surface area contributed by atoms with Gasteiger partial charge in [-0.25, -0.2) is 4.98 Å². The first-order chi connectivity index (χ1) is 15.1. The van der Waals surface area contributed by atoms with Crippen molar-refractivity contribution in [3.05, 3.63) is 80.7 Å². The van der Waals surface area contributed by atoms with Crippen LogP contribution in [0.2, 0.25) is 18.1 Å². The highest BCUT2D eigenvalue weighted by Crippen LogP contribution is 2.44. The maximum Gasteiger partial charge on any atom is 0.193 e. The summed E-state index contributed by atoms with van der Waals surface area (Å²) in [7, 11) is -0.365. The number of methoxy groups -OCH3 is 1. The van der Waals surface area contributed by atoms with E-state index in [4.69, 9.17) is 14.1 Å². The molecule has 0 radical (unpaired) electrons. The van der Waals surface area contributed by atoms with Crippen LogP contribution in [0, 0.1) is 0 Å². The van der Waals surface area contributed by atoms with Crippen molar-refractivity contribution in [2.24, 2.45) is 0 Å². The van der Waals surface area contributed by atoms with Gasteiger partial charge in [-0.15, -0.1) is 11.3 Å². The SMILES string of the molecule is COc1ccc(CN[C@@H](c2nc(Br)cs2)[C@@H](O[Si](C)(C)C(C)(C)C)c2ccccc2)cc1. The largest absolute Gasteiger partial charge is 0.497 e. The average molecular weight is 534 g/mol. The summed E-state index contributed by atoms with van der Waals surface area (Å²) in [5, 5.41) is 6.91. The zero-order valence-corrected chi connectivity index (χ0v) is 23.1. The molecular weight excluding hydrogens is 500 g/mol. The molecule has 32 heavy (non-hydrogen) atoms. The standard InChI is InChI=1S/C25H33BrN2O2SSi/c1-25(2,3)32(5,6)30-23(19-10-8-7-9-11-19)22(24-28-21(26)17-31-24)27-16-18-12-14-20(29-4)15-13-18/h7-15,17,22-23,27H,16H2,1-6H3/t22-,23+/m1/s1. The van der Waals surface area contributed by atoms with Crippen LogP contribution in [0.1, 0.15) is 49.1 Å². The van der Waals surface area contributed by atoms with E-state index in [-0.39, 0.29) is 17.2 Å². The Morgan fingerprint density at radius 3 is 2.25 bits per heavy atom. The molecule has 7 heteroatoms. The number of nitrogens with one attached hydrogen (secondary N) is 1. The molecule has 0 aliphatic rings. The molecule has 0 saturated heterocycles. The molecule has 3 rings (SSSR count). The predicted octanol–water partition coefficient (Wildman–Crippen LogP) is 7.51. The smallest absolute Gasteiger partial charge is 0.193 e. The van der Waals surface area contributed by atoms with Crippen molar-refractivity contribution in [2.75, 3.05) is 7.11 Å². The normalized spacial score (nSPS) is 14.2. The minimum atomic E-state index is -2.05. The van der Waals surface area contributed by atoms with Crippen molar-refractivity contribution < 1.29 is 9.16 Å². The fourth-order valence-electron chi connectivity index (χ4n) is 3.17. The van der Waals surface area contributed by atoms with E-state index in [0.717, 1.165) is 20.9 Å². The third kappa shape index (κ3) is 6.29. The van der Waals surface area contributed by atoms with Crippen LogP contribution in [-0.4, -0.2) is 20.4 Å². The molecule has 0 fully saturated rings. The maximum atomic E-state index is 7.05. The third-order valence-electron chi connectivity index (χ3n) is 6.10. The minimum absolute atomic E-state index is 0.0788. The summed E-state index contributed by atoms with van der Waals surface area (Å²) in [5.74, 6) is 0.859. The molecule has 1 aromatic heterocycles. The van der Waals surface area contributed by atoms with Gasteiger partial charge >= 0.3 is 0 Å². The van der Waals surface area contributed by atoms with E-state index in [1.807, 2.05) is 23.6 Å². The lowest BCUT2D eigenvalue weighted by molar-refractivity contribution is 0.135. The topological polar surface area (TPSA) is 43.4 Å². The Kier molecular flexibility index (Phi) is 8.33. The second-order valence-corrected chi connectivity index (χ2v) is 15.9. The monoisotopic (exact) mass is 532 g/mol. The fourth-order valence-corrected chi connectivity index (χ4v) is 5.79. The molecule has 2 aromatic carbocycles. The van der Waals surface area contributed by atoms with Crippen molar-refractivity contribution in [1.29, 1.82) is 0 Å². The molecule has 2 atom stereocenters. The summed E-state index contributed by atoms with van der Waals surface area (Å²) < 4.78 is 13.2. The summed E-state index contributed by atoms with van der Waals surface area (Å²) >= 11 is 5.19. The molecule has 1 N–H and O–H groups in total. The first-order valence-electron chi connectivity index (χ1n) is 10.8. The van der Waals surface area contributed by atoms with Crippen LogP contribution >= 0.6 is 27.3 Å². The van der Waals surface area contributed by atoms with E-state index in [1.54, 1.807) is 18.4 Å². The lowest BCUT2D eigenvalue weighted by Crippen LogP contribution is -2.44. The van der Waals surface area contributed by atoms with Crippen LogP contribution < -0.4 is 10.1 Å². The molecule has 3 aromatic rings. The Bertz CT molecular complexity index is 987. The first-order valence-corrected chi connectivity index (χ1v) is 15.4. The van der Waals surface area contributed by atoms with E-state index in [2.05, 4.69) is 91.5 Å². The van der Waals surface area contributed by atoms with Crippen molar-refractivity contribution >= 4 is 35.6 Å². The zero-order chi connectivity index (χ0) is 23.4. The number of thiazole rings is 1. The predicted molar refractivity (Wildman–Crippen MR) is 140 cm³/mol. The van der Waals surface area contributed by atoms with E-state index < -0.39 is 8.32 Å². The summed E-state index contributed by atoms with van der Waals surface area (Å²) in [6.07, 6.45) is -0.145. The number of aromatic nitrogens is 1. The Morgan fingerprint density at radius 2 is 1.72 bits per heavy atom. The Morgan fingerprint density at radius 1 is 1.06 bits per heavy atom. The van der Waals surface area contributed by atoms with Crippen molar-refractivity contribution in [1.82, 2.24) is 10.3 Å². The molecule has 0 unspecified atom stereocenters. The maximum absolute atomic E-state index is 7.05. The van der Waals surface area contributed by atoms with E-state index in [0.29, 0.717) is 6.54 Å². The molecule has 0 spiro atoms. The number of nitrogens with zero attached hydrogens (tertiary/aromatic N) is 1. The molecule has 0 aliphatic heterocycles. The minimum Gasteiger partial charge on any atom is -0.497 e. The molecule has 0 aliphatic carbocycles.